The zero-order valence-electron chi connectivity index (χ0n) is 21.8. The van der Waals surface area contributed by atoms with E-state index in [1.807, 2.05) is 0 Å². The third-order valence-electron chi connectivity index (χ3n) is 8.03. The maximum atomic E-state index is 13.4. The number of aromatic nitrogens is 1. The Hall–Kier alpha value is -2.96. The molecule has 13 heteroatoms. The number of amides is 2. The smallest absolute Gasteiger partial charge is 0.266 e. The van der Waals surface area contributed by atoms with Gasteiger partial charge in [0.05, 0.1) is 22.4 Å². The Morgan fingerprint density at radius 2 is 1.83 bits per heavy atom. The van der Waals surface area contributed by atoms with Gasteiger partial charge in [0.25, 0.3) is 10.1 Å². The first kappa shape index (κ1) is 28.2. The SMILES string of the molecule is O=CN(CCS(=O)(=O)O)c1ccc(N2C(=O)[C@@H]3CC[C@]2(OCc2c(-c4c(Cl)cccc4Cl)noc2C2CC2)C3)cc1. The molecule has 0 radical (unpaired) electrons. The van der Waals surface area contributed by atoms with Crippen molar-refractivity contribution in [1.29, 1.82) is 0 Å². The minimum Gasteiger partial charge on any atom is -0.360 e. The summed E-state index contributed by atoms with van der Waals surface area (Å²) in [6.45, 7) is -0.0609. The van der Waals surface area contributed by atoms with Crippen LogP contribution in [0.2, 0.25) is 10.0 Å². The van der Waals surface area contributed by atoms with Crippen LogP contribution < -0.4 is 9.80 Å². The number of anilines is 2. The van der Waals surface area contributed by atoms with E-state index in [-0.39, 0.29) is 30.9 Å². The van der Waals surface area contributed by atoms with Crippen LogP contribution in [0.5, 0.6) is 0 Å². The van der Waals surface area contributed by atoms with Gasteiger partial charge in [0.15, 0.2) is 0 Å². The number of hydrogen-bond acceptors (Lipinski definition) is 7. The van der Waals surface area contributed by atoms with Gasteiger partial charge in [-0.05, 0) is 62.1 Å². The quantitative estimate of drug-likeness (QED) is 0.222. The van der Waals surface area contributed by atoms with Crippen molar-refractivity contribution < 1.29 is 31.8 Å². The van der Waals surface area contributed by atoms with E-state index in [9.17, 15) is 18.0 Å². The van der Waals surface area contributed by atoms with Crippen LogP contribution in [0, 0.1) is 5.92 Å². The fourth-order valence-electron chi connectivity index (χ4n) is 5.85. The summed E-state index contributed by atoms with van der Waals surface area (Å²) in [7, 11) is -4.23. The molecule has 0 unspecified atom stereocenters. The van der Waals surface area contributed by atoms with Crippen molar-refractivity contribution in [2.45, 2.75) is 50.4 Å². The summed E-state index contributed by atoms with van der Waals surface area (Å²) in [5, 5.41) is 5.24. The molecule has 41 heavy (non-hydrogen) atoms. The fraction of sp³-hybridized carbons (Fsp3) is 0.393. The lowest BCUT2D eigenvalue weighted by Gasteiger charge is -2.38. The first-order valence-electron chi connectivity index (χ1n) is 13.3. The molecule has 1 N–H and O–H groups in total. The first-order chi connectivity index (χ1) is 19.6. The van der Waals surface area contributed by atoms with Gasteiger partial charge < -0.3 is 14.2 Å². The van der Waals surface area contributed by atoms with Crippen LogP contribution in [-0.4, -0.2) is 48.5 Å². The molecular formula is C28H27Cl2N3O7S. The molecule has 1 saturated heterocycles. The average Bonchev–Trinajstić information content (AvgIpc) is 3.45. The molecule has 3 aliphatic rings. The fourth-order valence-corrected chi connectivity index (χ4v) is 6.85. The third kappa shape index (κ3) is 5.37. The standard InChI is InChI=1S/C28H27Cl2N3O7S/c29-22-2-1-3-23(30)24(22)25-21(26(40-31-25)17-4-5-17)15-39-28-11-10-18(14-28)27(35)33(28)20-8-6-19(7-9-20)32(16-34)12-13-41(36,37)38/h1-3,6-9,16-18H,4-5,10-15H2,(H,36,37,38)/t18-,28+/m1/s1. The number of nitrogens with zero attached hydrogens (tertiary/aromatic N) is 3. The molecule has 2 heterocycles. The second-order valence-electron chi connectivity index (χ2n) is 10.7. The lowest BCUT2D eigenvalue weighted by molar-refractivity contribution is -0.125. The predicted molar refractivity (Wildman–Crippen MR) is 153 cm³/mol. The Labute approximate surface area is 246 Å². The molecule has 2 atom stereocenters. The van der Waals surface area contributed by atoms with Crippen LogP contribution in [0.15, 0.2) is 47.0 Å². The summed E-state index contributed by atoms with van der Waals surface area (Å²) < 4.78 is 43.7. The van der Waals surface area contributed by atoms with Crippen LogP contribution >= 0.6 is 23.2 Å². The number of halogens is 2. The van der Waals surface area contributed by atoms with Crippen molar-refractivity contribution in [3.8, 4) is 11.3 Å². The second-order valence-corrected chi connectivity index (χ2v) is 13.1. The number of benzene rings is 2. The van der Waals surface area contributed by atoms with E-state index in [4.69, 9.17) is 37.0 Å². The van der Waals surface area contributed by atoms with Crippen LogP contribution in [0.4, 0.5) is 11.4 Å². The third-order valence-corrected chi connectivity index (χ3v) is 9.36. The monoisotopic (exact) mass is 619 g/mol. The second kappa shape index (κ2) is 10.7. The van der Waals surface area contributed by atoms with Gasteiger partial charge in [-0.3, -0.25) is 19.0 Å². The molecule has 1 aliphatic heterocycles. The number of carbonyl (C=O) groups excluding carboxylic acids is 2. The first-order valence-corrected chi connectivity index (χ1v) is 15.6. The van der Waals surface area contributed by atoms with Gasteiger partial charge in [0.1, 0.15) is 17.2 Å². The molecule has 2 aromatic carbocycles. The predicted octanol–water partition coefficient (Wildman–Crippen LogP) is 5.44. The van der Waals surface area contributed by atoms with E-state index in [1.54, 1.807) is 47.4 Å². The molecule has 216 valence electrons. The highest BCUT2D eigenvalue weighted by Crippen LogP contribution is 2.52. The van der Waals surface area contributed by atoms with E-state index < -0.39 is 21.6 Å². The molecule has 6 rings (SSSR count). The summed E-state index contributed by atoms with van der Waals surface area (Å²) in [5.41, 5.74) is 2.04. The molecule has 1 aromatic heterocycles. The van der Waals surface area contributed by atoms with Crippen molar-refractivity contribution >= 4 is 57.0 Å². The summed E-state index contributed by atoms with van der Waals surface area (Å²) in [6.07, 6.45) is 4.37. The number of rotatable bonds is 11. The largest absolute Gasteiger partial charge is 0.360 e. The Kier molecular flexibility index (Phi) is 7.36. The number of ether oxygens (including phenoxy) is 1. The molecule has 2 amide bonds. The van der Waals surface area contributed by atoms with E-state index in [0.29, 0.717) is 58.3 Å². The highest BCUT2D eigenvalue weighted by Gasteiger charge is 2.57. The minimum atomic E-state index is -4.23. The van der Waals surface area contributed by atoms with E-state index in [2.05, 4.69) is 5.16 Å². The highest BCUT2D eigenvalue weighted by molar-refractivity contribution is 7.85. The van der Waals surface area contributed by atoms with E-state index in [0.717, 1.165) is 24.2 Å². The van der Waals surface area contributed by atoms with Crippen molar-refractivity contribution in [2.75, 3.05) is 22.1 Å². The van der Waals surface area contributed by atoms with Gasteiger partial charge in [-0.25, -0.2) is 0 Å². The van der Waals surface area contributed by atoms with E-state index in [1.165, 1.54) is 4.90 Å². The molecular weight excluding hydrogens is 593 g/mol. The molecule has 10 nitrogen and oxygen atoms in total. The van der Waals surface area contributed by atoms with Crippen LogP contribution in [0.3, 0.4) is 0 Å². The Bertz CT molecular complexity index is 1590. The summed E-state index contributed by atoms with van der Waals surface area (Å²) in [5.74, 6) is 0.203. The van der Waals surface area contributed by atoms with E-state index >= 15 is 0 Å². The van der Waals surface area contributed by atoms with Crippen molar-refractivity contribution in [3.63, 3.8) is 0 Å². The number of fused-ring (bicyclic) bond motifs is 2. The number of hydrogen-bond donors (Lipinski definition) is 1. The van der Waals surface area contributed by atoms with Gasteiger partial charge in [-0.1, -0.05) is 34.4 Å². The maximum absolute atomic E-state index is 13.4. The summed E-state index contributed by atoms with van der Waals surface area (Å²) in [4.78, 5) is 27.8. The Morgan fingerprint density at radius 1 is 1.12 bits per heavy atom. The van der Waals surface area contributed by atoms with Gasteiger partial charge >= 0.3 is 0 Å². The maximum Gasteiger partial charge on any atom is 0.266 e. The molecule has 3 fully saturated rings. The summed E-state index contributed by atoms with van der Waals surface area (Å²) in [6, 6.07) is 11.9. The van der Waals surface area contributed by atoms with Crippen LogP contribution in [0.25, 0.3) is 11.3 Å². The Morgan fingerprint density at radius 3 is 2.46 bits per heavy atom. The van der Waals surface area contributed by atoms with Crippen LogP contribution in [0.1, 0.15) is 49.3 Å². The lowest BCUT2D eigenvalue weighted by Crippen LogP contribution is -2.49. The van der Waals surface area contributed by atoms with Crippen molar-refractivity contribution in [1.82, 2.24) is 5.16 Å². The molecule has 0 spiro atoms. The lowest BCUT2D eigenvalue weighted by atomic mass is 10.0. The molecule has 2 aliphatic carbocycles. The minimum absolute atomic E-state index is 0.0373. The highest BCUT2D eigenvalue weighted by atomic mass is 35.5. The molecule has 3 aromatic rings. The zero-order valence-corrected chi connectivity index (χ0v) is 24.2. The number of piperidine rings is 1. The average molecular weight is 621 g/mol. The van der Waals surface area contributed by atoms with Gasteiger partial charge in [-0.2, -0.15) is 8.42 Å². The topological polar surface area (TPSA) is 130 Å². The molecule has 2 saturated carbocycles. The zero-order chi connectivity index (χ0) is 28.9. The van der Waals surface area contributed by atoms with Crippen molar-refractivity contribution in [3.05, 3.63) is 63.8 Å². The van der Waals surface area contributed by atoms with Crippen molar-refractivity contribution in [2.24, 2.45) is 5.92 Å². The van der Waals surface area contributed by atoms with Crippen LogP contribution in [-0.2, 0) is 31.1 Å². The van der Waals surface area contributed by atoms with Gasteiger partial charge in [-0.15, -0.1) is 0 Å². The van der Waals surface area contributed by atoms with Gasteiger partial charge in [0.2, 0.25) is 12.3 Å². The normalized spacial score (nSPS) is 22.0. The van der Waals surface area contributed by atoms with Gasteiger partial charge in [0, 0.05) is 47.3 Å². The number of carbonyl (C=O) groups is 2. The Balaban J connectivity index is 1.28. The summed E-state index contributed by atoms with van der Waals surface area (Å²) >= 11 is 13.0. The molecule has 2 bridgehead atoms.